The summed E-state index contributed by atoms with van der Waals surface area (Å²) in [5.41, 5.74) is 6.12. The van der Waals surface area contributed by atoms with Crippen LogP contribution in [0.25, 0.3) is 44.1 Å². The maximum atomic E-state index is 4.10. The molecule has 5 aromatic rings. The summed E-state index contributed by atoms with van der Waals surface area (Å²) in [6.45, 7) is 0. The molecule has 6 rings (SSSR count). The van der Waals surface area contributed by atoms with Crippen molar-refractivity contribution in [2.75, 3.05) is 0 Å². The first-order valence-electron chi connectivity index (χ1n) is 8.96. The average Bonchev–Trinajstić information content (AvgIpc) is 3.25. The van der Waals surface area contributed by atoms with Crippen LogP contribution in [0.15, 0.2) is 82.8 Å². The molecule has 0 saturated carbocycles. The summed E-state index contributed by atoms with van der Waals surface area (Å²) in [7, 11) is 2.18. The summed E-state index contributed by atoms with van der Waals surface area (Å²) in [6, 6.07) is 22.1. The maximum absolute atomic E-state index is 4.10. The van der Waals surface area contributed by atoms with Gasteiger partial charge in [0, 0.05) is 33.0 Å². The number of benzene rings is 3. The van der Waals surface area contributed by atoms with Crippen molar-refractivity contribution < 1.29 is 4.57 Å². The monoisotopic (exact) mass is 366 g/mol. The van der Waals surface area contributed by atoms with Gasteiger partial charge < -0.3 is 0 Å². The van der Waals surface area contributed by atoms with Crippen LogP contribution in [-0.4, -0.2) is 10.2 Å². The van der Waals surface area contributed by atoms with Gasteiger partial charge >= 0.3 is 0 Å². The number of hydrogen-bond donors (Lipinski definition) is 1. The van der Waals surface area contributed by atoms with Crippen molar-refractivity contribution >= 4 is 33.4 Å². The minimum absolute atomic E-state index is 1.11. The fourth-order valence-electron chi connectivity index (χ4n) is 4.18. The molecule has 0 fully saturated rings. The van der Waals surface area contributed by atoms with Crippen molar-refractivity contribution in [1.82, 2.24) is 10.2 Å². The normalized spacial score (nSPS) is 12.5. The van der Waals surface area contributed by atoms with Gasteiger partial charge in [0.2, 0.25) is 11.2 Å². The zero-order valence-corrected chi connectivity index (χ0v) is 15.5. The molecule has 1 aliphatic rings. The Kier molecular flexibility index (Phi) is 3.02. The number of H-pyrrole nitrogens is 1. The highest BCUT2D eigenvalue weighted by Crippen LogP contribution is 2.47. The van der Waals surface area contributed by atoms with E-state index in [-0.39, 0.29) is 0 Å². The van der Waals surface area contributed by atoms with Crippen LogP contribution in [0.2, 0.25) is 0 Å². The molecule has 0 saturated heterocycles. The molecular formula is C23H16N3S+. The lowest BCUT2D eigenvalue weighted by atomic mass is 9.97. The maximum Gasteiger partial charge on any atom is 0.222 e. The van der Waals surface area contributed by atoms with Gasteiger partial charge in [-0.25, -0.2) is 0 Å². The molecule has 2 aromatic heterocycles. The Morgan fingerprint density at radius 1 is 0.889 bits per heavy atom. The minimum Gasteiger partial charge on any atom is -0.285 e. The van der Waals surface area contributed by atoms with Gasteiger partial charge in [-0.2, -0.15) is 9.67 Å². The van der Waals surface area contributed by atoms with Crippen molar-refractivity contribution in [1.29, 1.82) is 0 Å². The zero-order chi connectivity index (χ0) is 18.0. The lowest BCUT2D eigenvalue weighted by molar-refractivity contribution is -0.632. The smallest absolute Gasteiger partial charge is 0.222 e. The van der Waals surface area contributed by atoms with Gasteiger partial charge in [0.15, 0.2) is 0 Å². The van der Waals surface area contributed by atoms with Crippen LogP contribution in [0.1, 0.15) is 0 Å². The first-order chi connectivity index (χ1) is 13.3. The quantitative estimate of drug-likeness (QED) is 0.315. The van der Waals surface area contributed by atoms with E-state index in [1.165, 1.54) is 48.3 Å². The van der Waals surface area contributed by atoms with Gasteiger partial charge in [-0.1, -0.05) is 42.1 Å². The lowest BCUT2D eigenvalue weighted by Crippen LogP contribution is -2.33. The number of rotatable bonds is 1. The molecule has 4 heteroatoms. The van der Waals surface area contributed by atoms with Gasteiger partial charge in [-0.3, -0.25) is 5.10 Å². The largest absolute Gasteiger partial charge is 0.285 e. The zero-order valence-electron chi connectivity index (χ0n) is 14.7. The number of nitrogens with one attached hydrogen (secondary N) is 1. The summed E-state index contributed by atoms with van der Waals surface area (Å²) >= 11 is 1.87. The highest BCUT2D eigenvalue weighted by molar-refractivity contribution is 7.99. The third-order valence-electron chi connectivity index (χ3n) is 5.44. The van der Waals surface area contributed by atoms with Crippen LogP contribution < -0.4 is 4.57 Å². The van der Waals surface area contributed by atoms with Crippen LogP contribution in [0.3, 0.4) is 0 Å². The Hall–Kier alpha value is -3.11. The van der Waals surface area contributed by atoms with Gasteiger partial charge in [0.25, 0.3) is 0 Å². The van der Waals surface area contributed by atoms with Crippen molar-refractivity contribution in [3.63, 3.8) is 0 Å². The molecule has 1 aliphatic heterocycles. The summed E-state index contributed by atoms with van der Waals surface area (Å²) in [5, 5.41) is 11.0. The van der Waals surface area contributed by atoms with E-state index in [0.29, 0.717) is 0 Å². The van der Waals surface area contributed by atoms with Gasteiger partial charge in [-0.05, 0) is 29.8 Å². The second-order valence-electron chi connectivity index (χ2n) is 6.90. The fraction of sp³-hybridized carbons (Fsp3) is 0.0435. The third kappa shape index (κ3) is 2.04. The SMILES string of the molecule is C[n+]1c2c3c(cccc3c3ccc(-c4cn[nH]c4)cc31)Sc1ccccc1-2. The van der Waals surface area contributed by atoms with Crippen LogP contribution >= 0.6 is 11.8 Å². The first kappa shape index (κ1) is 15.0. The fourth-order valence-corrected chi connectivity index (χ4v) is 5.30. The number of hydrogen-bond acceptors (Lipinski definition) is 2. The van der Waals surface area contributed by atoms with Crippen molar-refractivity contribution in [3.05, 3.63) is 73.1 Å². The average molecular weight is 366 g/mol. The van der Waals surface area contributed by atoms with Crippen molar-refractivity contribution in [2.24, 2.45) is 7.05 Å². The molecule has 3 aromatic carbocycles. The lowest BCUT2D eigenvalue weighted by Gasteiger charge is -2.19. The molecule has 0 unspecified atom stereocenters. The van der Waals surface area contributed by atoms with Crippen LogP contribution in [-0.2, 0) is 7.05 Å². The van der Waals surface area contributed by atoms with Crippen LogP contribution in [0.5, 0.6) is 0 Å². The molecule has 0 spiro atoms. The highest BCUT2D eigenvalue weighted by Gasteiger charge is 2.28. The van der Waals surface area contributed by atoms with E-state index in [2.05, 4.69) is 82.5 Å². The molecule has 0 aliphatic carbocycles. The van der Waals surface area contributed by atoms with Crippen LogP contribution in [0.4, 0.5) is 0 Å². The van der Waals surface area contributed by atoms with E-state index >= 15 is 0 Å². The van der Waals surface area contributed by atoms with E-state index in [4.69, 9.17) is 0 Å². The molecule has 0 radical (unpaired) electrons. The van der Waals surface area contributed by atoms with E-state index in [9.17, 15) is 0 Å². The molecule has 3 nitrogen and oxygen atoms in total. The number of aromatic nitrogens is 3. The number of aromatic amines is 1. The first-order valence-corrected chi connectivity index (χ1v) is 9.78. The molecule has 3 heterocycles. The summed E-state index contributed by atoms with van der Waals surface area (Å²) in [5.74, 6) is 0. The summed E-state index contributed by atoms with van der Waals surface area (Å²) in [4.78, 5) is 2.65. The van der Waals surface area contributed by atoms with E-state index in [0.717, 1.165) is 5.56 Å². The Balaban J connectivity index is 1.80. The predicted octanol–water partition coefficient (Wildman–Crippen LogP) is 5.34. The minimum atomic E-state index is 1.11. The topological polar surface area (TPSA) is 32.6 Å². The number of pyridine rings is 1. The van der Waals surface area contributed by atoms with Crippen LogP contribution in [0, 0.1) is 0 Å². The third-order valence-corrected chi connectivity index (χ3v) is 6.58. The number of fused-ring (bicyclic) bond motifs is 4. The van der Waals surface area contributed by atoms with E-state index in [1.807, 2.05) is 24.2 Å². The highest BCUT2D eigenvalue weighted by atomic mass is 32.2. The van der Waals surface area contributed by atoms with Gasteiger partial charge in [0.1, 0.15) is 7.05 Å². The molecular weight excluding hydrogens is 350 g/mol. The van der Waals surface area contributed by atoms with E-state index in [1.54, 1.807) is 0 Å². The summed E-state index contributed by atoms with van der Waals surface area (Å²) in [6.07, 6.45) is 3.81. The van der Waals surface area contributed by atoms with E-state index < -0.39 is 0 Å². The van der Waals surface area contributed by atoms with Gasteiger partial charge in [-0.15, -0.1) is 0 Å². The second-order valence-corrected chi connectivity index (χ2v) is 7.99. The summed E-state index contributed by atoms with van der Waals surface area (Å²) < 4.78 is 2.35. The molecule has 128 valence electrons. The predicted molar refractivity (Wildman–Crippen MR) is 110 cm³/mol. The van der Waals surface area contributed by atoms with Gasteiger partial charge in [0.05, 0.1) is 22.5 Å². The van der Waals surface area contributed by atoms with Crippen molar-refractivity contribution in [2.45, 2.75) is 9.79 Å². The molecule has 0 atom stereocenters. The number of aryl methyl sites for hydroxylation is 1. The standard InChI is InChI=1S/C23H15N3S/c1-26-19-11-14(15-12-24-25-13-15)9-10-16(19)17-6-4-8-21-22(17)23(26)18-5-2-3-7-20(18)27-21/h2-13H,1H3/p+1. The molecule has 0 bridgehead atoms. The Labute approximate surface area is 160 Å². The Morgan fingerprint density at radius 2 is 1.78 bits per heavy atom. The molecule has 1 N–H and O–H groups in total. The Morgan fingerprint density at radius 3 is 2.67 bits per heavy atom. The molecule has 27 heavy (non-hydrogen) atoms. The number of nitrogens with zero attached hydrogens (tertiary/aromatic N) is 2. The Bertz CT molecular complexity index is 1350. The molecule has 0 amide bonds. The second kappa shape index (κ2) is 5.44. The van der Waals surface area contributed by atoms with Crippen molar-refractivity contribution in [3.8, 4) is 22.4 Å².